The zero-order chi connectivity index (χ0) is 11.4. The van der Waals surface area contributed by atoms with Crippen molar-refractivity contribution in [1.29, 1.82) is 0 Å². The number of hydrogen-bond donors (Lipinski definition) is 1. The van der Waals surface area contributed by atoms with Crippen LogP contribution >= 0.6 is 0 Å². The Morgan fingerprint density at radius 1 is 1.67 bits per heavy atom. The summed E-state index contributed by atoms with van der Waals surface area (Å²) in [4.78, 5) is 13.6. The smallest absolute Gasteiger partial charge is 0.257 e. The van der Waals surface area contributed by atoms with Crippen LogP contribution in [0.3, 0.4) is 0 Å². The molecular weight excluding hydrogens is 192 g/mol. The molecule has 0 bridgehead atoms. The van der Waals surface area contributed by atoms with Gasteiger partial charge in [0.05, 0.1) is 11.3 Å². The van der Waals surface area contributed by atoms with Gasteiger partial charge in [0, 0.05) is 33.4 Å². The number of hydrogen-bond acceptors (Lipinski definition) is 3. The molecule has 5 nitrogen and oxygen atoms in total. The predicted molar refractivity (Wildman–Crippen MR) is 58.6 cm³/mol. The maximum atomic E-state index is 11.9. The second kappa shape index (κ2) is 4.93. The van der Waals surface area contributed by atoms with Crippen LogP contribution in [0.2, 0.25) is 0 Å². The quantitative estimate of drug-likeness (QED) is 0.761. The van der Waals surface area contributed by atoms with E-state index in [0.717, 1.165) is 12.1 Å². The maximum absolute atomic E-state index is 11.9. The Labute approximate surface area is 89.9 Å². The highest BCUT2D eigenvalue weighted by Crippen LogP contribution is 2.09. The van der Waals surface area contributed by atoms with E-state index in [2.05, 4.69) is 5.10 Å². The van der Waals surface area contributed by atoms with Gasteiger partial charge >= 0.3 is 0 Å². The van der Waals surface area contributed by atoms with Gasteiger partial charge in [-0.25, -0.2) is 0 Å². The first kappa shape index (κ1) is 11.7. The molecule has 5 heteroatoms. The number of rotatable bonds is 4. The number of aromatic nitrogens is 2. The molecule has 1 amide bonds. The fourth-order valence-electron chi connectivity index (χ4n) is 1.48. The van der Waals surface area contributed by atoms with Gasteiger partial charge in [-0.15, -0.1) is 0 Å². The molecule has 0 saturated heterocycles. The molecule has 0 unspecified atom stereocenters. The van der Waals surface area contributed by atoms with Crippen LogP contribution in [0.25, 0.3) is 0 Å². The van der Waals surface area contributed by atoms with Gasteiger partial charge in [-0.2, -0.15) is 5.10 Å². The summed E-state index contributed by atoms with van der Waals surface area (Å²) in [6.45, 7) is 3.03. The fraction of sp³-hybridized carbons (Fsp3) is 0.600. The van der Waals surface area contributed by atoms with Crippen LogP contribution < -0.4 is 5.73 Å². The van der Waals surface area contributed by atoms with Crippen molar-refractivity contribution < 1.29 is 4.79 Å². The van der Waals surface area contributed by atoms with Gasteiger partial charge in [-0.05, 0) is 6.42 Å². The van der Waals surface area contributed by atoms with Crippen molar-refractivity contribution in [2.75, 3.05) is 20.1 Å². The molecule has 0 fully saturated rings. The Bertz CT molecular complexity index is 345. The number of amides is 1. The Morgan fingerprint density at radius 3 is 2.87 bits per heavy atom. The molecule has 0 aliphatic rings. The molecule has 0 aromatic carbocycles. The van der Waals surface area contributed by atoms with Crippen LogP contribution in [0.5, 0.6) is 0 Å². The SMILES string of the molecule is CCc1nn(C)cc1C(=O)N(C)CCN. The molecule has 0 radical (unpaired) electrons. The van der Waals surface area contributed by atoms with Crippen molar-refractivity contribution in [2.45, 2.75) is 13.3 Å². The van der Waals surface area contributed by atoms with Crippen LogP contribution in [0.4, 0.5) is 0 Å². The van der Waals surface area contributed by atoms with E-state index in [0.29, 0.717) is 18.7 Å². The summed E-state index contributed by atoms with van der Waals surface area (Å²) >= 11 is 0. The van der Waals surface area contributed by atoms with Crippen LogP contribution in [-0.4, -0.2) is 40.7 Å². The molecule has 0 aliphatic heterocycles. The highest BCUT2D eigenvalue weighted by molar-refractivity contribution is 5.94. The standard InChI is InChI=1S/C10H18N4O/c1-4-9-8(7-14(3)12-9)10(15)13(2)6-5-11/h7H,4-6,11H2,1-3H3. The lowest BCUT2D eigenvalue weighted by Gasteiger charge is -2.15. The molecule has 84 valence electrons. The lowest BCUT2D eigenvalue weighted by atomic mass is 10.2. The summed E-state index contributed by atoms with van der Waals surface area (Å²) in [6, 6.07) is 0. The van der Waals surface area contributed by atoms with Crippen LogP contribution in [0.15, 0.2) is 6.20 Å². The van der Waals surface area contributed by atoms with Gasteiger partial charge < -0.3 is 10.6 Å². The summed E-state index contributed by atoms with van der Waals surface area (Å²) < 4.78 is 1.67. The van der Waals surface area contributed by atoms with E-state index in [9.17, 15) is 4.79 Å². The van der Waals surface area contributed by atoms with Crippen molar-refractivity contribution in [3.63, 3.8) is 0 Å². The van der Waals surface area contributed by atoms with E-state index in [1.54, 1.807) is 22.8 Å². The van der Waals surface area contributed by atoms with Crippen molar-refractivity contribution in [3.8, 4) is 0 Å². The number of nitrogens with zero attached hydrogens (tertiary/aromatic N) is 3. The van der Waals surface area contributed by atoms with E-state index < -0.39 is 0 Å². The molecule has 1 aromatic rings. The molecule has 1 rings (SSSR count). The zero-order valence-electron chi connectivity index (χ0n) is 9.53. The molecule has 1 heterocycles. The molecular formula is C10H18N4O. The lowest BCUT2D eigenvalue weighted by Crippen LogP contribution is -2.32. The average Bonchev–Trinajstić information content (AvgIpc) is 2.58. The molecule has 1 aromatic heterocycles. The Kier molecular flexibility index (Phi) is 3.85. The molecule has 0 atom stereocenters. The van der Waals surface area contributed by atoms with Crippen molar-refractivity contribution in [1.82, 2.24) is 14.7 Å². The van der Waals surface area contributed by atoms with Gasteiger partial charge in [-0.3, -0.25) is 9.48 Å². The van der Waals surface area contributed by atoms with Crippen LogP contribution in [0.1, 0.15) is 23.0 Å². The lowest BCUT2D eigenvalue weighted by molar-refractivity contribution is 0.0798. The Morgan fingerprint density at radius 2 is 2.33 bits per heavy atom. The first-order valence-electron chi connectivity index (χ1n) is 5.08. The minimum Gasteiger partial charge on any atom is -0.340 e. The Balaban J connectivity index is 2.89. The van der Waals surface area contributed by atoms with Crippen LogP contribution in [-0.2, 0) is 13.5 Å². The molecule has 0 aliphatic carbocycles. The highest BCUT2D eigenvalue weighted by Gasteiger charge is 2.17. The normalized spacial score (nSPS) is 10.4. The monoisotopic (exact) mass is 210 g/mol. The molecule has 15 heavy (non-hydrogen) atoms. The number of nitrogens with two attached hydrogens (primary N) is 1. The minimum absolute atomic E-state index is 0.00889. The van der Waals surface area contributed by atoms with Crippen molar-refractivity contribution in [2.24, 2.45) is 12.8 Å². The third-order valence-corrected chi connectivity index (χ3v) is 2.28. The van der Waals surface area contributed by atoms with E-state index >= 15 is 0 Å². The molecule has 2 N–H and O–H groups in total. The average molecular weight is 210 g/mol. The first-order chi connectivity index (χ1) is 7.10. The van der Waals surface area contributed by atoms with Gasteiger partial charge in [0.25, 0.3) is 5.91 Å². The summed E-state index contributed by atoms with van der Waals surface area (Å²) in [5.74, 6) is -0.00889. The molecule has 0 spiro atoms. The second-order valence-electron chi connectivity index (χ2n) is 3.53. The van der Waals surface area contributed by atoms with E-state index in [1.165, 1.54) is 0 Å². The van der Waals surface area contributed by atoms with Gasteiger partial charge in [0.2, 0.25) is 0 Å². The second-order valence-corrected chi connectivity index (χ2v) is 3.53. The van der Waals surface area contributed by atoms with Crippen molar-refractivity contribution >= 4 is 5.91 Å². The summed E-state index contributed by atoms with van der Waals surface area (Å²) in [7, 11) is 3.57. The third kappa shape index (κ3) is 2.56. The fourth-order valence-corrected chi connectivity index (χ4v) is 1.48. The largest absolute Gasteiger partial charge is 0.340 e. The zero-order valence-corrected chi connectivity index (χ0v) is 9.53. The summed E-state index contributed by atoms with van der Waals surface area (Å²) in [5, 5.41) is 4.23. The minimum atomic E-state index is -0.00889. The van der Waals surface area contributed by atoms with E-state index in [-0.39, 0.29) is 5.91 Å². The first-order valence-corrected chi connectivity index (χ1v) is 5.08. The van der Waals surface area contributed by atoms with Gasteiger partial charge in [-0.1, -0.05) is 6.92 Å². The Hall–Kier alpha value is -1.36. The highest BCUT2D eigenvalue weighted by atomic mass is 16.2. The van der Waals surface area contributed by atoms with Crippen LogP contribution in [0, 0.1) is 0 Å². The molecule has 0 saturated carbocycles. The van der Waals surface area contributed by atoms with Crippen molar-refractivity contribution in [3.05, 3.63) is 17.5 Å². The summed E-state index contributed by atoms with van der Waals surface area (Å²) in [6.07, 6.45) is 2.52. The van der Waals surface area contributed by atoms with E-state index in [1.807, 2.05) is 14.0 Å². The number of likely N-dealkylation sites (N-methyl/N-ethyl adjacent to an activating group) is 1. The number of aryl methyl sites for hydroxylation is 2. The maximum Gasteiger partial charge on any atom is 0.257 e. The third-order valence-electron chi connectivity index (χ3n) is 2.28. The topological polar surface area (TPSA) is 64.2 Å². The number of carbonyl (C=O) groups excluding carboxylic acids is 1. The summed E-state index contributed by atoms with van der Waals surface area (Å²) in [5.41, 5.74) is 6.92. The predicted octanol–water partition coefficient (Wildman–Crippen LogP) is 0.0132. The van der Waals surface area contributed by atoms with Gasteiger partial charge in [0.15, 0.2) is 0 Å². The number of carbonyl (C=O) groups is 1. The van der Waals surface area contributed by atoms with Gasteiger partial charge in [0.1, 0.15) is 0 Å². The van der Waals surface area contributed by atoms with E-state index in [4.69, 9.17) is 5.73 Å².